The maximum atomic E-state index is 6.55. The summed E-state index contributed by atoms with van der Waals surface area (Å²) in [6.45, 7) is 4.32. The molecule has 3 unspecified atom stereocenters. The average Bonchev–Trinajstić information content (AvgIpc) is 2.48. The Morgan fingerprint density at radius 2 is 1.79 bits per heavy atom. The maximum absolute atomic E-state index is 6.55. The third-order valence-electron chi connectivity index (χ3n) is 5.22. The van der Waals surface area contributed by atoms with Gasteiger partial charge in [0.15, 0.2) is 0 Å². The van der Waals surface area contributed by atoms with Gasteiger partial charge in [-0.15, -0.1) is 0 Å². The number of hydrogen-bond acceptors (Lipinski definition) is 4. The van der Waals surface area contributed by atoms with Crippen molar-refractivity contribution in [2.75, 3.05) is 33.0 Å². The minimum Gasteiger partial charge on any atom is -0.381 e. The molecule has 0 saturated carbocycles. The maximum Gasteiger partial charge on any atom is 0.0729 e. The fraction of sp³-hybridized carbons (Fsp3) is 1.00. The van der Waals surface area contributed by atoms with Crippen molar-refractivity contribution in [3.05, 3.63) is 0 Å². The number of nitrogens with two attached hydrogens (primary N) is 1. The second-order valence-corrected chi connectivity index (χ2v) is 6.45. The summed E-state index contributed by atoms with van der Waals surface area (Å²) < 4.78 is 17.2. The van der Waals surface area contributed by atoms with Gasteiger partial charge in [-0.25, -0.2) is 0 Å². The Morgan fingerprint density at radius 1 is 0.947 bits per heavy atom. The summed E-state index contributed by atoms with van der Waals surface area (Å²) in [5, 5.41) is 0. The molecule has 0 amide bonds. The molecule has 3 rings (SSSR count). The topological polar surface area (TPSA) is 53.7 Å². The molecule has 19 heavy (non-hydrogen) atoms. The Labute approximate surface area is 116 Å². The second-order valence-electron chi connectivity index (χ2n) is 6.45. The molecule has 0 aromatic heterocycles. The van der Waals surface area contributed by atoms with Crippen LogP contribution in [0.4, 0.5) is 0 Å². The van der Waals surface area contributed by atoms with E-state index in [1.54, 1.807) is 0 Å². The average molecular weight is 269 g/mol. The number of ether oxygens (including phenoxy) is 3. The molecule has 3 fully saturated rings. The molecule has 0 aromatic rings. The van der Waals surface area contributed by atoms with Gasteiger partial charge in [0.2, 0.25) is 0 Å². The van der Waals surface area contributed by atoms with E-state index < -0.39 is 0 Å². The van der Waals surface area contributed by atoms with E-state index in [4.69, 9.17) is 19.9 Å². The standard InChI is InChI=1S/C15H27NO3/c16-14(13-2-1-6-18-11-13)12-3-7-19-15(10-12)4-8-17-9-5-15/h12-14H,1-11,16H2. The molecule has 1 spiro atoms. The van der Waals surface area contributed by atoms with Crippen molar-refractivity contribution in [2.24, 2.45) is 17.6 Å². The monoisotopic (exact) mass is 269 g/mol. The molecule has 110 valence electrons. The van der Waals surface area contributed by atoms with Gasteiger partial charge in [-0.2, -0.15) is 0 Å². The molecule has 3 aliphatic rings. The van der Waals surface area contributed by atoms with Gasteiger partial charge in [0.05, 0.1) is 12.2 Å². The SMILES string of the molecule is NC(C1CCCOC1)C1CCOC2(CCOCC2)C1. The molecule has 3 atom stereocenters. The first-order valence-electron chi connectivity index (χ1n) is 7.84. The third-order valence-corrected chi connectivity index (χ3v) is 5.22. The van der Waals surface area contributed by atoms with Crippen LogP contribution in [-0.4, -0.2) is 44.7 Å². The van der Waals surface area contributed by atoms with Crippen molar-refractivity contribution in [1.29, 1.82) is 0 Å². The fourth-order valence-electron chi connectivity index (χ4n) is 3.94. The Bertz CT molecular complexity index is 280. The molecule has 3 heterocycles. The van der Waals surface area contributed by atoms with E-state index in [2.05, 4.69) is 0 Å². The van der Waals surface area contributed by atoms with Gasteiger partial charge in [0.1, 0.15) is 0 Å². The van der Waals surface area contributed by atoms with Crippen LogP contribution in [0.15, 0.2) is 0 Å². The van der Waals surface area contributed by atoms with Crippen molar-refractivity contribution in [3.63, 3.8) is 0 Å². The fourth-order valence-corrected chi connectivity index (χ4v) is 3.94. The second kappa shape index (κ2) is 6.08. The zero-order valence-electron chi connectivity index (χ0n) is 11.8. The van der Waals surface area contributed by atoms with Gasteiger partial charge >= 0.3 is 0 Å². The molecule has 0 bridgehead atoms. The van der Waals surface area contributed by atoms with Crippen LogP contribution in [0.1, 0.15) is 38.5 Å². The Kier molecular flexibility index (Phi) is 4.42. The van der Waals surface area contributed by atoms with Gasteiger partial charge in [0, 0.05) is 32.5 Å². The van der Waals surface area contributed by atoms with Gasteiger partial charge in [-0.1, -0.05) is 0 Å². The van der Waals surface area contributed by atoms with E-state index in [1.807, 2.05) is 0 Å². The first kappa shape index (κ1) is 13.8. The predicted octanol–water partition coefficient (Wildman–Crippen LogP) is 1.72. The third kappa shape index (κ3) is 3.13. The molecule has 2 N–H and O–H groups in total. The van der Waals surface area contributed by atoms with Gasteiger partial charge in [0.25, 0.3) is 0 Å². The largest absolute Gasteiger partial charge is 0.381 e. The van der Waals surface area contributed by atoms with Crippen molar-refractivity contribution in [1.82, 2.24) is 0 Å². The summed E-state index contributed by atoms with van der Waals surface area (Å²) in [4.78, 5) is 0. The molecular weight excluding hydrogens is 242 g/mol. The molecule has 0 aliphatic carbocycles. The van der Waals surface area contributed by atoms with Crippen LogP contribution in [-0.2, 0) is 14.2 Å². The zero-order valence-corrected chi connectivity index (χ0v) is 11.8. The highest BCUT2D eigenvalue weighted by Crippen LogP contribution is 2.39. The van der Waals surface area contributed by atoms with E-state index in [0.717, 1.165) is 58.7 Å². The van der Waals surface area contributed by atoms with Crippen LogP contribution in [0, 0.1) is 11.8 Å². The van der Waals surface area contributed by atoms with Crippen molar-refractivity contribution < 1.29 is 14.2 Å². The molecule has 4 heteroatoms. The predicted molar refractivity (Wildman–Crippen MR) is 73.0 cm³/mol. The van der Waals surface area contributed by atoms with Crippen LogP contribution in [0.2, 0.25) is 0 Å². The van der Waals surface area contributed by atoms with Crippen molar-refractivity contribution in [2.45, 2.75) is 50.2 Å². The lowest BCUT2D eigenvalue weighted by molar-refractivity contribution is -0.152. The summed E-state index contributed by atoms with van der Waals surface area (Å²) in [7, 11) is 0. The minimum atomic E-state index is 0.0638. The normalized spacial score (nSPS) is 37.1. The lowest BCUT2D eigenvalue weighted by Crippen LogP contribution is -2.51. The Morgan fingerprint density at radius 3 is 2.53 bits per heavy atom. The molecule has 4 nitrogen and oxygen atoms in total. The van der Waals surface area contributed by atoms with Crippen LogP contribution < -0.4 is 5.73 Å². The number of rotatable bonds is 2. The van der Waals surface area contributed by atoms with Crippen LogP contribution in [0.5, 0.6) is 0 Å². The molecule has 3 aliphatic heterocycles. The quantitative estimate of drug-likeness (QED) is 0.829. The smallest absolute Gasteiger partial charge is 0.0729 e. The van der Waals surface area contributed by atoms with Crippen LogP contribution in [0.25, 0.3) is 0 Å². The van der Waals surface area contributed by atoms with E-state index in [0.29, 0.717) is 11.8 Å². The summed E-state index contributed by atoms with van der Waals surface area (Å²) >= 11 is 0. The van der Waals surface area contributed by atoms with E-state index in [1.165, 1.54) is 12.8 Å². The Hall–Kier alpha value is -0.160. The van der Waals surface area contributed by atoms with E-state index in [9.17, 15) is 0 Å². The van der Waals surface area contributed by atoms with Crippen LogP contribution in [0.3, 0.4) is 0 Å². The number of hydrogen-bond donors (Lipinski definition) is 1. The highest BCUT2D eigenvalue weighted by molar-refractivity contribution is 4.93. The molecule has 0 aromatic carbocycles. The highest BCUT2D eigenvalue weighted by Gasteiger charge is 2.42. The minimum absolute atomic E-state index is 0.0638. The Balaban J connectivity index is 1.60. The van der Waals surface area contributed by atoms with Crippen molar-refractivity contribution in [3.8, 4) is 0 Å². The van der Waals surface area contributed by atoms with Gasteiger partial charge in [-0.3, -0.25) is 0 Å². The summed E-state index contributed by atoms with van der Waals surface area (Å²) in [5.74, 6) is 1.15. The first-order valence-corrected chi connectivity index (χ1v) is 7.84. The molecular formula is C15H27NO3. The molecule has 3 saturated heterocycles. The van der Waals surface area contributed by atoms with Crippen molar-refractivity contribution >= 4 is 0 Å². The summed E-state index contributed by atoms with van der Waals surface area (Å²) in [6, 6.07) is 0.281. The zero-order chi connectivity index (χ0) is 13.1. The van der Waals surface area contributed by atoms with Gasteiger partial charge < -0.3 is 19.9 Å². The summed E-state index contributed by atoms with van der Waals surface area (Å²) in [6.07, 6.45) is 6.71. The van der Waals surface area contributed by atoms with E-state index in [-0.39, 0.29) is 11.6 Å². The highest BCUT2D eigenvalue weighted by atomic mass is 16.5. The summed E-state index contributed by atoms with van der Waals surface area (Å²) in [5.41, 5.74) is 6.61. The first-order chi connectivity index (χ1) is 9.29. The van der Waals surface area contributed by atoms with E-state index >= 15 is 0 Å². The van der Waals surface area contributed by atoms with Crippen LogP contribution >= 0.6 is 0 Å². The van der Waals surface area contributed by atoms with Gasteiger partial charge in [-0.05, 0) is 50.4 Å². The lowest BCUT2D eigenvalue weighted by Gasteiger charge is -2.46. The lowest BCUT2D eigenvalue weighted by atomic mass is 9.74. The molecule has 0 radical (unpaired) electrons.